The number of aliphatic imine (C=N–C) groups is 1. The second kappa shape index (κ2) is 7.03. The highest BCUT2D eigenvalue weighted by Crippen LogP contribution is 1.80. The van der Waals surface area contributed by atoms with E-state index in [1.807, 2.05) is 13.8 Å². The summed E-state index contributed by atoms with van der Waals surface area (Å²) in [7, 11) is 0. The van der Waals surface area contributed by atoms with Crippen molar-refractivity contribution in [1.82, 2.24) is 10.9 Å². The molecule has 0 spiro atoms. The predicted molar refractivity (Wildman–Crippen MR) is 57.4 cm³/mol. The zero-order valence-electron chi connectivity index (χ0n) is 7.98. The molecule has 0 unspecified atom stereocenters. The Labute approximate surface area is 79.6 Å². The van der Waals surface area contributed by atoms with Crippen LogP contribution in [0, 0.1) is 0 Å². The number of thiocarbonyl (C=S) groups is 1. The van der Waals surface area contributed by atoms with Gasteiger partial charge >= 0.3 is 0 Å². The lowest BCUT2D eigenvalue weighted by molar-refractivity contribution is 0.832. The van der Waals surface area contributed by atoms with Crippen molar-refractivity contribution in [3.63, 3.8) is 0 Å². The van der Waals surface area contributed by atoms with Crippen LogP contribution in [0.4, 0.5) is 0 Å². The lowest BCUT2D eigenvalue weighted by atomic mass is 10.5. The summed E-state index contributed by atoms with van der Waals surface area (Å²) < 4.78 is 0. The molecule has 0 saturated heterocycles. The molecule has 0 aliphatic rings. The maximum absolute atomic E-state index is 4.96. The van der Waals surface area contributed by atoms with E-state index < -0.39 is 0 Å². The van der Waals surface area contributed by atoms with Gasteiger partial charge in [-0.1, -0.05) is 26.1 Å². The fourth-order valence-corrected chi connectivity index (χ4v) is 0.619. The minimum atomic E-state index is 0.807. The summed E-state index contributed by atoms with van der Waals surface area (Å²) in [5, 5.41) is 0. The van der Waals surface area contributed by atoms with Crippen LogP contribution in [-0.2, 0) is 0 Å². The molecule has 3 nitrogen and oxygen atoms in total. The highest BCUT2D eigenvalue weighted by molar-refractivity contribution is 7.80. The zero-order chi connectivity index (χ0) is 9.40. The lowest BCUT2D eigenvalue weighted by Gasteiger charge is -2.07. The van der Waals surface area contributed by atoms with Crippen molar-refractivity contribution in [1.29, 1.82) is 0 Å². The van der Waals surface area contributed by atoms with Crippen LogP contribution in [0.1, 0.15) is 33.6 Å². The molecule has 0 aliphatic heterocycles. The fourth-order valence-electron chi connectivity index (χ4n) is 0.568. The van der Waals surface area contributed by atoms with Crippen LogP contribution < -0.4 is 10.9 Å². The maximum atomic E-state index is 4.96. The zero-order valence-corrected chi connectivity index (χ0v) is 8.79. The molecule has 0 aromatic carbocycles. The summed E-state index contributed by atoms with van der Waals surface area (Å²) in [4.78, 5) is 5.04. The maximum Gasteiger partial charge on any atom is 0.112 e. The molecule has 0 aromatic heterocycles. The lowest BCUT2D eigenvalue weighted by Crippen LogP contribution is -2.39. The Morgan fingerprint density at radius 2 is 2.00 bits per heavy atom. The molecule has 0 saturated carbocycles. The van der Waals surface area contributed by atoms with Gasteiger partial charge in [-0.3, -0.25) is 15.8 Å². The van der Waals surface area contributed by atoms with E-state index in [9.17, 15) is 0 Å². The van der Waals surface area contributed by atoms with Gasteiger partial charge in [-0.15, -0.1) is 0 Å². The molecule has 0 heterocycles. The normalized spacial score (nSPS) is 11.1. The third-order valence-electron chi connectivity index (χ3n) is 1.28. The van der Waals surface area contributed by atoms with Crippen molar-refractivity contribution in [2.24, 2.45) is 4.99 Å². The van der Waals surface area contributed by atoms with Crippen LogP contribution in [0.5, 0.6) is 0 Å². The van der Waals surface area contributed by atoms with Crippen molar-refractivity contribution < 1.29 is 0 Å². The first-order valence-corrected chi connectivity index (χ1v) is 4.67. The molecular formula is C8H17N3S. The van der Waals surface area contributed by atoms with Crippen LogP contribution in [0.3, 0.4) is 0 Å². The van der Waals surface area contributed by atoms with Crippen molar-refractivity contribution in [2.45, 2.75) is 33.6 Å². The molecule has 2 N–H and O–H groups in total. The Balaban J connectivity index is 3.55. The minimum absolute atomic E-state index is 0.807. The fraction of sp³-hybridized carbons (Fsp3) is 0.750. The third-order valence-corrected chi connectivity index (χ3v) is 1.67. The van der Waals surface area contributed by atoms with Gasteiger partial charge in [0, 0.05) is 6.54 Å². The number of hydrogen-bond acceptors (Lipinski definition) is 2. The molecule has 0 amide bonds. The molecule has 0 bridgehead atoms. The van der Waals surface area contributed by atoms with Crippen LogP contribution in [0.25, 0.3) is 0 Å². The molecule has 0 rings (SSSR count). The van der Waals surface area contributed by atoms with Gasteiger partial charge in [0.25, 0.3) is 0 Å². The number of hydrogen-bond donors (Lipinski definition) is 2. The molecule has 4 heteroatoms. The van der Waals surface area contributed by atoms with Gasteiger partial charge in [0.1, 0.15) is 5.84 Å². The first kappa shape index (κ1) is 11.4. The van der Waals surface area contributed by atoms with Gasteiger partial charge in [0.05, 0.1) is 4.99 Å². The van der Waals surface area contributed by atoms with Crippen LogP contribution in [-0.4, -0.2) is 17.4 Å². The quantitative estimate of drug-likeness (QED) is 0.305. The van der Waals surface area contributed by atoms with E-state index in [2.05, 4.69) is 22.8 Å². The van der Waals surface area contributed by atoms with E-state index in [0.29, 0.717) is 0 Å². The number of rotatable bonds is 3. The summed E-state index contributed by atoms with van der Waals surface area (Å²) in [6.07, 6.45) is 1.92. The highest BCUT2D eigenvalue weighted by atomic mass is 32.1. The number of hydrazine groups is 1. The molecule has 0 fully saturated rings. The number of nitrogens with zero attached hydrogens (tertiary/aromatic N) is 1. The SMILES string of the molecule is CCCN=C(C)NNC(=S)CC. The van der Waals surface area contributed by atoms with Crippen molar-refractivity contribution in [3.8, 4) is 0 Å². The topological polar surface area (TPSA) is 36.4 Å². The Bertz CT molecular complexity index is 166. The second-order valence-electron chi connectivity index (χ2n) is 2.49. The largest absolute Gasteiger partial charge is 0.293 e. The predicted octanol–water partition coefficient (Wildman–Crippen LogP) is 1.65. The molecule has 0 aromatic rings. The summed E-state index contributed by atoms with van der Waals surface area (Å²) in [5.74, 6) is 0.882. The molecule has 12 heavy (non-hydrogen) atoms. The molecular weight excluding hydrogens is 170 g/mol. The monoisotopic (exact) mass is 187 g/mol. The van der Waals surface area contributed by atoms with Gasteiger partial charge < -0.3 is 0 Å². The molecule has 0 radical (unpaired) electrons. The van der Waals surface area contributed by atoms with Crippen LogP contribution in [0.15, 0.2) is 4.99 Å². The van der Waals surface area contributed by atoms with Crippen molar-refractivity contribution in [3.05, 3.63) is 0 Å². The van der Waals surface area contributed by atoms with E-state index in [1.165, 1.54) is 0 Å². The standard InChI is InChI=1S/C8H17N3S/c1-4-6-9-7(3)10-11-8(12)5-2/h4-6H2,1-3H3,(H,9,10)(H,11,12). The average molecular weight is 187 g/mol. The van der Waals surface area contributed by atoms with E-state index in [0.717, 1.165) is 30.2 Å². The second-order valence-corrected chi connectivity index (χ2v) is 2.99. The smallest absolute Gasteiger partial charge is 0.112 e. The van der Waals surface area contributed by atoms with Crippen LogP contribution >= 0.6 is 12.2 Å². The third kappa shape index (κ3) is 6.09. The van der Waals surface area contributed by atoms with Gasteiger partial charge in [-0.25, -0.2) is 0 Å². The number of nitrogens with one attached hydrogen (secondary N) is 2. The highest BCUT2D eigenvalue weighted by Gasteiger charge is 1.90. The van der Waals surface area contributed by atoms with E-state index in [1.54, 1.807) is 0 Å². The van der Waals surface area contributed by atoms with Crippen LogP contribution in [0.2, 0.25) is 0 Å². The van der Waals surface area contributed by atoms with Gasteiger partial charge in [0.2, 0.25) is 0 Å². The summed E-state index contributed by atoms with van der Waals surface area (Å²) >= 11 is 4.96. The first-order chi connectivity index (χ1) is 5.70. The summed E-state index contributed by atoms with van der Waals surface area (Å²) in [5.41, 5.74) is 5.82. The number of amidine groups is 1. The molecule has 0 aliphatic carbocycles. The average Bonchev–Trinajstić information content (AvgIpc) is 2.10. The molecule has 70 valence electrons. The summed E-state index contributed by atoms with van der Waals surface area (Å²) in [6.45, 7) is 6.89. The van der Waals surface area contributed by atoms with E-state index in [-0.39, 0.29) is 0 Å². The Morgan fingerprint density at radius 1 is 1.33 bits per heavy atom. The summed E-state index contributed by atoms with van der Waals surface area (Å²) in [6, 6.07) is 0. The molecule has 0 atom stereocenters. The Kier molecular flexibility index (Phi) is 6.66. The Morgan fingerprint density at radius 3 is 2.50 bits per heavy atom. The van der Waals surface area contributed by atoms with Gasteiger partial charge in [-0.2, -0.15) is 0 Å². The van der Waals surface area contributed by atoms with Crippen molar-refractivity contribution >= 4 is 23.0 Å². The van der Waals surface area contributed by atoms with Crippen molar-refractivity contribution in [2.75, 3.05) is 6.54 Å². The van der Waals surface area contributed by atoms with Gasteiger partial charge in [0.15, 0.2) is 0 Å². The van der Waals surface area contributed by atoms with E-state index >= 15 is 0 Å². The Hall–Kier alpha value is -0.640. The first-order valence-electron chi connectivity index (χ1n) is 4.26. The van der Waals surface area contributed by atoms with E-state index in [4.69, 9.17) is 12.2 Å². The minimum Gasteiger partial charge on any atom is -0.293 e. The van der Waals surface area contributed by atoms with Gasteiger partial charge in [-0.05, 0) is 19.8 Å².